The summed E-state index contributed by atoms with van der Waals surface area (Å²) in [5.41, 5.74) is 1.51. The van der Waals surface area contributed by atoms with Gasteiger partial charge >= 0.3 is 0 Å². The van der Waals surface area contributed by atoms with Gasteiger partial charge in [0.25, 0.3) is 5.91 Å². The van der Waals surface area contributed by atoms with Crippen LogP contribution in [0.5, 0.6) is 5.75 Å². The highest BCUT2D eigenvalue weighted by molar-refractivity contribution is 7.08. The molecule has 3 atom stereocenters. The summed E-state index contributed by atoms with van der Waals surface area (Å²) in [6.07, 6.45) is 7.06. The number of methoxy groups -OCH3 is 1. The van der Waals surface area contributed by atoms with Crippen molar-refractivity contribution >= 4 is 17.4 Å². The second-order valence-electron chi connectivity index (χ2n) is 6.43. The van der Waals surface area contributed by atoms with Crippen molar-refractivity contribution in [3.8, 4) is 17.0 Å². The normalized spacial score (nSPS) is 24.3. The highest BCUT2D eigenvalue weighted by Crippen LogP contribution is 2.43. The molecule has 2 bridgehead atoms. The summed E-state index contributed by atoms with van der Waals surface area (Å²) >= 11 is 1.14. The Morgan fingerprint density at radius 1 is 1.29 bits per heavy atom. The lowest BCUT2D eigenvalue weighted by atomic mass is 9.93. The maximum absolute atomic E-state index is 12.6. The molecule has 1 aromatic heterocycles. The van der Waals surface area contributed by atoms with Crippen LogP contribution in [-0.4, -0.2) is 29.1 Å². The molecule has 0 radical (unpaired) electrons. The van der Waals surface area contributed by atoms with Gasteiger partial charge in [0, 0.05) is 12.1 Å². The molecule has 1 aromatic carbocycles. The number of carbonyl (C=O) groups is 1. The van der Waals surface area contributed by atoms with Crippen LogP contribution in [0.2, 0.25) is 0 Å². The maximum Gasteiger partial charge on any atom is 0.265 e. The zero-order valence-corrected chi connectivity index (χ0v) is 14.3. The molecule has 124 valence electrons. The van der Waals surface area contributed by atoms with Gasteiger partial charge in [-0.25, -0.2) is 0 Å². The fourth-order valence-corrected chi connectivity index (χ4v) is 4.32. The number of allylic oxidation sites excluding steroid dienone is 2. The second-order valence-corrected chi connectivity index (χ2v) is 7.18. The fourth-order valence-electron chi connectivity index (χ4n) is 3.71. The van der Waals surface area contributed by atoms with Gasteiger partial charge in [-0.05, 0) is 66.4 Å². The minimum atomic E-state index is -0.0810. The molecule has 0 spiro atoms. The number of rotatable bonds is 5. The molecule has 1 amide bonds. The number of hydrogen-bond acceptors (Lipinski definition) is 5. The predicted octanol–water partition coefficient (Wildman–Crippen LogP) is 3.16. The predicted molar refractivity (Wildman–Crippen MR) is 93.1 cm³/mol. The molecule has 4 rings (SSSR count). The number of fused-ring (bicyclic) bond motifs is 2. The lowest BCUT2D eigenvalue weighted by Crippen LogP contribution is -2.30. The minimum Gasteiger partial charge on any atom is -0.497 e. The van der Waals surface area contributed by atoms with Crippen molar-refractivity contribution in [2.75, 3.05) is 13.7 Å². The second kappa shape index (κ2) is 6.36. The molecule has 1 N–H and O–H groups in total. The van der Waals surface area contributed by atoms with Gasteiger partial charge in [-0.3, -0.25) is 4.79 Å². The number of amides is 1. The molecule has 2 aromatic rings. The Bertz CT molecular complexity index is 769. The summed E-state index contributed by atoms with van der Waals surface area (Å²) in [6.45, 7) is 0.726. The number of hydrogen-bond donors (Lipinski definition) is 1. The van der Waals surface area contributed by atoms with Gasteiger partial charge in [0.15, 0.2) is 0 Å². The third kappa shape index (κ3) is 2.82. The van der Waals surface area contributed by atoms with E-state index in [0.29, 0.717) is 22.4 Å². The highest BCUT2D eigenvalue weighted by Gasteiger charge is 2.35. The van der Waals surface area contributed by atoms with Crippen LogP contribution in [0.4, 0.5) is 0 Å². The summed E-state index contributed by atoms with van der Waals surface area (Å²) in [7, 11) is 1.63. The molecule has 2 aliphatic rings. The molecular formula is C18H19N3O2S. The largest absolute Gasteiger partial charge is 0.497 e. The number of nitrogens with one attached hydrogen (secondary N) is 1. The molecule has 0 unspecified atom stereocenters. The van der Waals surface area contributed by atoms with Crippen LogP contribution in [0.25, 0.3) is 11.3 Å². The van der Waals surface area contributed by atoms with Crippen LogP contribution >= 0.6 is 11.5 Å². The first kappa shape index (κ1) is 15.3. The zero-order chi connectivity index (χ0) is 16.5. The molecule has 0 aliphatic heterocycles. The van der Waals surface area contributed by atoms with Gasteiger partial charge in [-0.2, -0.15) is 0 Å². The van der Waals surface area contributed by atoms with Crippen molar-refractivity contribution in [1.29, 1.82) is 0 Å². The Morgan fingerprint density at radius 2 is 2.12 bits per heavy atom. The van der Waals surface area contributed by atoms with Gasteiger partial charge in [-0.15, -0.1) is 5.10 Å². The number of benzene rings is 1. The third-order valence-electron chi connectivity index (χ3n) is 5.00. The molecule has 5 nitrogen and oxygen atoms in total. The van der Waals surface area contributed by atoms with Crippen LogP contribution in [0.1, 0.15) is 22.5 Å². The van der Waals surface area contributed by atoms with E-state index in [1.165, 1.54) is 12.8 Å². The molecule has 0 saturated heterocycles. The average Bonchev–Trinajstić information content (AvgIpc) is 3.35. The molecule has 2 aliphatic carbocycles. The standard InChI is InChI=1S/C18H19N3O2S/c1-23-15-6-4-12(5-7-15)16-17(24-21-20-16)18(22)19-10-14-9-11-2-3-13(14)8-11/h2-7,11,13-14H,8-10H2,1H3,(H,19,22)/t11-,13-,14+/m1/s1. The monoisotopic (exact) mass is 341 g/mol. The van der Waals surface area contributed by atoms with E-state index >= 15 is 0 Å². The molecule has 6 heteroatoms. The van der Waals surface area contributed by atoms with E-state index in [0.717, 1.165) is 35.3 Å². The summed E-state index contributed by atoms with van der Waals surface area (Å²) in [5.74, 6) is 2.61. The average molecular weight is 341 g/mol. The van der Waals surface area contributed by atoms with Crippen molar-refractivity contribution in [2.24, 2.45) is 17.8 Å². The van der Waals surface area contributed by atoms with E-state index < -0.39 is 0 Å². The van der Waals surface area contributed by atoms with Crippen LogP contribution in [0.3, 0.4) is 0 Å². The Kier molecular flexibility index (Phi) is 4.06. The Balaban J connectivity index is 1.45. The van der Waals surface area contributed by atoms with Crippen molar-refractivity contribution in [3.05, 3.63) is 41.3 Å². The van der Waals surface area contributed by atoms with E-state index in [1.807, 2.05) is 24.3 Å². The first-order valence-electron chi connectivity index (χ1n) is 8.18. The van der Waals surface area contributed by atoms with Crippen LogP contribution < -0.4 is 10.1 Å². The van der Waals surface area contributed by atoms with Crippen LogP contribution in [0, 0.1) is 17.8 Å². The van der Waals surface area contributed by atoms with Gasteiger partial charge < -0.3 is 10.1 Å². The van der Waals surface area contributed by atoms with E-state index in [2.05, 4.69) is 27.1 Å². The Hall–Kier alpha value is -2.21. The molecular weight excluding hydrogens is 322 g/mol. The first-order chi connectivity index (χ1) is 11.7. The van der Waals surface area contributed by atoms with E-state index in [9.17, 15) is 4.79 Å². The zero-order valence-electron chi connectivity index (χ0n) is 13.4. The van der Waals surface area contributed by atoms with Gasteiger partial charge in [0.2, 0.25) is 0 Å². The lowest BCUT2D eigenvalue weighted by Gasteiger charge is -2.18. The van der Waals surface area contributed by atoms with Crippen LogP contribution in [0.15, 0.2) is 36.4 Å². The Labute approximate surface area is 144 Å². The fraction of sp³-hybridized carbons (Fsp3) is 0.389. The van der Waals surface area contributed by atoms with Gasteiger partial charge in [0.05, 0.1) is 7.11 Å². The highest BCUT2D eigenvalue weighted by atomic mass is 32.1. The smallest absolute Gasteiger partial charge is 0.265 e. The van der Waals surface area contributed by atoms with E-state index in [1.54, 1.807) is 7.11 Å². The molecule has 1 saturated carbocycles. The van der Waals surface area contributed by atoms with Gasteiger partial charge in [0.1, 0.15) is 16.3 Å². The molecule has 1 fully saturated rings. The summed E-state index contributed by atoms with van der Waals surface area (Å²) in [6, 6.07) is 7.51. The topological polar surface area (TPSA) is 64.1 Å². The summed E-state index contributed by atoms with van der Waals surface area (Å²) in [4.78, 5) is 13.1. The van der Waals surface area contributed by atoms with Crippen molar-refractivity contribution in [2.45, 2.75) is 12.8 Å². The molecule has 1 heterocycles. The van der Waals surface area contributed by atoms with Crippen molar-refractivity contribution < 1.29 is 9.53 Å². The summed E-state index contributed by atoms with van der Waals surface area (Å²) in [5, 5.41) is 7.21. The number of nitrogens with zero attached hydrogens (tertiary/aromatic N) is 2. The lowest BCUT2D eigenvalue weighted by molar-refractivity contribution is 0.0949. The quantitative estimate of drug-likeness (QED) is 0.849. The minimum absolute atomic E-state index is 0.0810. The number of carbonyl (C=O) groups excluding carboxylic acids is 1. The summed E-state index contributed by atoms with van der Waals surface area (Å²) < 4.78 is 9.13. The first-order valence-corrected chi connectivity index (χ1v) is 8.95. The van der Waals surface area contributed by atoms with E-state index in [4.69, 9.17) is 4.74 Å². The van der Waals surface area contributed by atoms with Crippen molar-refractivity contribution in [3.63, 3.8) is 0 Å². The van der Waals surface area contributed by atoms with E-state index in [-0.39, 0.29) is 5.91 Å². The van der Waals surface area contributed by atoms with Crippen molar-refractivity contribution in [1.82, 2.24) is 14.9 Å². The van der Waals surface area contributed by atoms with Gasteiger partial charge in [-0.1, -0.05) is 16.6 Å². The number of aromatic nitrogens is 2. The SMILES string of the molecule is COc1ccc(-c2nnsc2C(=O)NC[C@@H]2C[C@@H]3C=C[C@@H]2C3)cc1. The maximum atomic E-state index is 12.6. The van der Waals surface area contributed by atoms with Crippen LogP contribution in [-0.2, 0) is 0 Å². The third-order valence-corrected chi connectivity index (χ3v) is 5.72. The number of ether oxygens (including phenoxy) is 1. The molecule has 24 heavy (non-hydrogen) atoms. The Morgan fingerprint density at radius 3 is 2.79 bits per heavy atom.